The van der Waals surface area contributed by atoms with E-state index in [4.69, 9.17) is 4.74 Å². The number of fused-ring (bicyclic) bond motifs is 2. The van der Waals surface area contributed by atoms with E-state index in [1.54, 1.807) is 30.3 Å². The van der Waals surface area contributed by atoms with E-state index in [1.165, 1.54) is 36.4 Å². The Bertz CT molecular complexity index is 1330. The molecule has 3 aromatic rings. The quantitative estimate of drug-likeness (QED) is 0.274. The van der Waals surface area contributed by atoms with Crippen LogP contribution in [0.1, 0.15) is 37.4 Å². The Hall–Kier alpha value is -4.66. The molecule has 164 valence electrons. The normalized spacial score (nSPS) is 11.9. The Balaban J connectivity index is 1.45. The molecule has 0 aliphatic heterocycles. The number of esters is 1. The number of anilines is 1. The van der Waals surface area contributed by atoms with Crippen molar-refractivity contribution in [3.8, 4) is 0 Å². The lowest BCUT2D eigenvalue weighted by Gasteiger charge is -2.20. The molecule has 0 fully saturated rings. The van der Waals surface area contributed by atoms with Gasteiger partial charge in [0.2, 0.25) is 0 Å². The molecule has 0 unspecified atom stereocenters. The second-order valence-corrected chi connectivity index (χ2v) is 7.20. The molecule has 9 heteroatoms. The van der Waals surface area contributed by atoms with Crippen LogP contribution in [0.3, 0.4) is 0 Å². The van der Waals surface area contributed by atoms with Crippen LogP contribution in [-0.2, 0) is 20.7 Å². The van der Waals surface area contributed by atoms with E-state index in [-0.39, 0.29) is 45.8 Å². The van der Waals surface area contributed by atoms with Gasteiger partial charge in [0.15, 0.2) is 18.2 Å². The van der Waals surface area contributed by atoms with Crippen LogP contribution < -0.4 is 5.32 Å². The molecule has 0 saturated heterocycles. The fourth-order valence-electron chi connectivity index (χ4n) is 3.63. The molecule has 1 N–H and O–H groups in total. The zero-order valence-electron chi connectivity index (χ0n) is 17.1. The number of nitro groups is 1. The number of benzene rings is 3. The number of hydrogen-bond acceptors (Lipinski definition) is 7. The third kappa shape index (κ3) is 4.24. The Morgan fingerprint density at radius 3 is 2.21 bits per heavy atom. The van der Waals surface area contributed by atoms with Crippen molar-refractivity contribution in [2.45, 2.75) is 6.42 Å². The van der Waals surface area contributed by atoms with Crippen LogP contribution in [0.15, 0.2) is 66.7 Å². The van der Waals surface area contributed by atoms with Gasteiger partial charge in [-0.05, 0) is 6.07 Å². The lowest BCUT2D eigenvalue weighted by atomic mass is 9.83. The third-order valence-electron chi connectivity index (χ3n) is 5.11. The van der Waals surface area contributed by atoms with Crippen LogP contribution in [-0.4, -0.2) is 35.0 Å². The summed E-state index contributed by atoms with van der Waals surface area (Å²) in [5.74, 6) is -2.27. The van der Waals surface area contributed by atoms with E-state index in [0.29, 0.717) is 5.56 Å². The maximum absolute atomic E-state index is 13.0. The summed E-state index contributed by atoms with van der Waals surface area (Å²) in [6.45, 7) is -0.665. The minimum Gasteiger partial charge on any atom is -0.455 e. The minimum atomic E-state index is -0.824. The summed E-state index contributed by atoms with van der Waals surface area (Å²) in [5, 5.41) is 13.6. The van der Waals surface area contributed by atoms with E-state index < -0.39 is 29.2 Å². The van der Waals surface area contributed by atoms with Crippen LogP contribution in [0.2, 0.25) is 0 Å². The van der Waals surface area contributed by atoms with E-state index in [2.05, 4.69) is 5.32 Å². The summed E-state index contributed by atoms with van der Waals surface area (Å²) in [5.41, 5.74) is 0.840. The summed E-state index contributed by atoms with van der Waals surface area (Å²) < 4.78 is 4.94. The maximum Gasteiger partial charge on any atom is 0.311 e. The van der Waals surface area contributed by atoms with Crippen molar-refractivity contribution in [3.63, 3.8) is 0 Å². The number of ketones is 2. The summed E-state index contributed by atoms with van der Waals surface area (Å²) in [6, 6.07) is 16.7. The van der Waals surface area contributed by atoms with Crippen molar-refractivity contribution < 1.29 is 28.8 Å². The lowest BCUT2D eigenvalue weighted by Crippen LogP contribution is -2.26. The first-order valence-corrected chi connectivity index (χ1v) is 9.86. The molecule has 33 heavy (non-hydrogen) atoms. The first kappa shape index (κ1) is 21.6. The molecule has 1 aliphatic carbocycles. The van der Waals surface area contributed by atoms with Crippen molar-refractivity contribution in [3.05, 3.63) is 105 Å². The predicted octanol–water partition coefficient (Wildman–Crippen LogP) is 3.09. The fourth-order valence-corrected chi connectivity index (χ4v) is 3.63. The second-order valence-electron chi connectivity index (χ2n) is 7.20. The average Bonchev–Trinajstić information content (AvgIpc) is 2.81. The molecule has 0 atom stereocenters. The first-order valence-electron chi connectivity index (χ1n) is 9.86. The van der Waals surface area contributed by atoms with Gasteiger partial charge in [0.1, 0.15) is 0 Å². The van der Waals surface area contributed by atoms with E-state index in [9.17, 15) is 29.3 Å². The van der Waals surface area contributed by atoms with Crippen molar-refractivity contribution in [2.75, 3.05) is 11.9 Å². The highest BCUT2D eigenvalue weighted by Gasteiger charge is 2.31. The van der Waals surface area contributed by atoms with Gasteiger partial charge < -0.3 is 10.1 Å². The lowest BCUT2D eigenvalue weighted by molar-refractivity contribution is -0.385. The predicted molar refractivity (Wildman–Crippen MR) is 116 cm³/mol. The highest BCUT2D eigenvalue weighted by molar-refractivity contribution is 6.30. The molecule has 0 bridgehead atoms. The van der Waals surface area contributed by atoms with Crippen LogP contribution in [0.4, 0.5) is 11.4 Å². The minimum absolute atomic E-state index is 0.0702. The van der Waals surface area contributed by atoms with Crippen LogP contribution in [0.5, 0.6) is 0 Å². The summed E-state index contributed by atoms with van der Waals surface area (Å²) in [6.07, 6.45) is -0.380. The monoisotopic (exact) mass is 444 g/mol. The third-order valence-corrected chi connectivity index (χ3v) is 5.11. The van der Waals surface area contributed by atoms with E-state index in [1.807, 2.05) is 0 Å². The van der Waals surface area contributed by atoms with Gasteiger partial charge >= 0.3 is 5.97 Å². The van der Waals surface area contributed by atoms with Crippen LogP contribution in [0.25, 0.3) is 0 Å². The van der Waals surface area contributed by atoms with Crippen molar-refractivity contribution in [2.24, 2.45) is 0 Å². The van der Waals surface area contributed by atoms with Gasteiger partial charge in [0.25, 0.3) is 11.6 Å². The number of ether oxygens (including phenoxy) is 1. The average molecular weight is 444 g/mol. The van der Waals surface area contributed by atoms with Gasteiger partial charge in [-0.1, -0.05) is 54.6 Å². The van der Waals surface area contributed by atoms with Gasteiger partial charge in [-0.3, -0.25) is 29.3 Å². The Morgan fingerprint density at radius 1 is 0.848 bits per heavy atom. The SMILES string of the molecule is O=C(COC(=O)Cc1ccccc1[N+](=O)[O-])Nc1cccc2c1C(=O)c1ccccc1C2=O. The number of rotatable bonds is 6. The second kappa shape index (κ2) is 8.83. The van der Waals surface area contributed by atoms with Crippen molar-refractivity contribution >= 4 is 34.8 Å². The number of nitrogens with zero attached hydrogens (tertiary/aromatic N) is 1. The zero-order chi connectivity index (χ0) is 23.5. The maximum atomic E-state index is 13.0. The number of para-hydroxylation sites is 1. The molecule has 4 rings (SSSR count). The molecule has 0 heterocycles. The fraction of sp³-hybridized carbons (Fsp3) is 0.0833. The number of carbonyl (C=O) groups is 4. The summed E-state index contributed by atoms with van der Waals surface area (Å²) in [4.78, 5) is 60.6. The van der Waals surface area contributed by atoms with Gasteiger partial charge in [0, 0.05) is 28.3 Å². The number of amides is 1. The van der Waals surface area contributed by atoms with Gasteiger partial charge in [-0.15, -0.1) is 0 Å². The topological polar surface area (TPSA) is 133 Å². The highest BCUT2D eigenvalue weighted by Crippen LogP contribution is 2.31. The zero-order valence-corrected chi connectivity index (χ0v) is 17.1. The summed E-state index contributed by atoms with van der Waals surface area (Å²) >= 11 is 0. The molecule has 1 aliphatic rings. The van der Waals surface area contributed by atoms with E-state index >= 15 is 0 Å². The largest absolute Gasteiger partial charge is 0.455 e. The molecule has 0 aromatic heterocycles. The number of nitro benzene ring substituents is 1. The highest BCUT2D eigenvalue weighted by atomic mass is 16.6. The van der Waals surface area contributed by atoms with Crippen molar-refractivity contribution in [1.82, 2.24) is 0 Å². The van der Waals surface area contributed by atoms with E-state index in [0.717, 1.165) is 0 Å². The van der Waals surface area contributed by atoms with Crippen LogP contribution in [0, 0.1) is 10.1 Å². The number of nitrogens with one attached hydrogen (secondary N) is 1. The Labute approximate surface area is 187 Å². The molecule has 3 aromatic carbocycles. The first-order chi connectivity index (χ1) is 15.9. The van der Waals surface area contributed by atoms with Crippen molar-refractivity contribution in [1.29, 1.82) is 0 Å². The molecular formula is C24H16N2O7. The number of hydrogen-bond donors (Lipinski definition) is 1. The molecule has 1 amide bonds. The van der Waals surface area contributed by atoms with Gasteiger partial charge in [-0.2, -0.15) is 0 Å². The number of carbonyl (C=O) groups excluding carboxylic acids is 4. The summed E-state index contributed by atoms with van der Waals surface area (Å²) in [7, 11) is 0. The Kier molecular flexibility index (Phi) is 5.77. The standard InChI is InChI=1S/C24H16N2O7/c27-20(13-33-21(28)12-14-6-1-4-11-19(14)26(31)32)25-18-10-5-9-17-22(18)24(30)16-8-3-2-7-15(16)23(17)29/h1-11H,12-13H2,(H,25,27). The van der Waals surface area contributed by atoms with Gasteiger partial charge in [-0.25, -0.2) is 0 Å². The van der Waals surface area contributed by atoms with Crippen LogP contribution >= 0.6 is 0 Å². The molecular weight excluding hydrogens is 428 g/mol. The Morgan fingerprint density at radius 2 is 1.48 bits per heavy atom. The van der Waals surface area contributed by atoms with Gasteiger partial charge in [0.05, 0.1) is 22.6 Å². The molecule has 9 nitrogen and oxygen atoms in total. The smallest absolute Gasteiger partial charge is 0.311 e. The molecule has 0 saturated carbocycles. The molecule has 0 spiro atoms. The molecule has 0 radical (unpaired) electrons.